The Morgan fingerprint density at radius 3 is 2.79 bits per heavy atom. The van der Waals surface area contributed by atoms with Crippen LogP contribution in [0.25, 0.3) is 0 Å². The number of anilines is 2. The molecule has 76 valence electrons. The fraction of sp³-hybridized carbons (Fsp3) is 0.333. The Kier molecular flexibility index (Phi) is 3.28. The summed E-state index contributed by atoms with van der Waals surface area (Å²) < 4.78 is 0. The van der Waals surface area contributed by atoms with Gasteiger partial charge in [-0.05, 0) is 19.1 Å². The van der Waals surface area contributed by atoms with Crippen molar-refractivity contribution in [2.24, 2.45) is 5.73 Å². The Morgan fingerprint density at radius 1 is 1.57 bits per heavy atom. The monoisotopic (exact) mass is 194 g/mol. The Bertz CT molecular complexity index is 326. The van der Waals surface area contributed by atoms with E-state index in [9.17, 15) is 4.79 Å². The van der Waals surface area contributed by atoms with Gasteiger partial charge in [-0.25, -0.2) is 4.98 Å². The molecule has 0 unspecified atom stereocenters. The van der Waals surface area contributed by atoms with Crippen molar-refractivity contribution in [3.63, 3.8) is 0 Å². The van der Waals surface area contributed by atoms with Gasteiger partial charge in [-0.1, -0.05) is 6.07 Å². The van der Waals surface area contributed by atoms with Crippen LogP contribution in [0.4, 0.5) is 11.6 Å². The number of aromatic nitrogens is 1. The van der Waals surface area contributed by atoms with Crippen LogP contribution < -0.4 is 16.4 Å². The predicted molar refractivity (Wildman–Crippen MR) is 55.7 cm³/mol. The lowest BCUT2D eigenvalue weighted by Crippen LogP contribution is -2.34. The van der Waals surface area contributed by atoms with Crippen molar-refractivity contribution in [3.05, 3.63) is 18.2 Å². The quantitative estimate of drug-likeness (QED) is 0.705. The summed E-state index contributed by atoms with van der Waals surface area (Å²) in [6.07, 6.45) is 0. The number of hydrogen-bond donors (Lipinski definition) is 2. The lowest BCUT2D eigenvalue weighted by atomic mass is 10.4. The van der Waals surface area contributed by atoms with Crippen LogP contribution in [-0.2, 0) is 4.79 Å². The average Bonchev–Trinajstić information content (AvgIpc) is 2.14. The molecule has 4 N–H and O–H groups in total. The minimum atomic E-state index is -0.379. The minimum Gasteiger partial charge on any atom is -0.384 e. The van der Waals surface area contributed by atoms with Crippen molar-refractivity contribution in [1.82, 2.24) is 4.98 Å². The fourth-order valence-electron chi connectivity index (χ4n) is 1.16. The molecule has 5 nitrogen and oxygen atoms in total. The molecule has 1 aromatic heterocycles. The fourth-order valence-corrected chi connectivity index (χ4v) is 1.16. The number of nitrogens with zero attached hydrogens (tertiary/aromatic N) is 2. The van der Waals surface area contributed by atoms with E-state index in [0.717, 1.165) is 0 Å². The Hall–Kier alpha value is -1.78. The number of nitrogen functional groups attached to an aromatic ring is 1. The Morgan fingerprint density at radius 2 is 2.29 bits per heavy atom. The van der Waals surface area contributed by atoms with Gasteiger partial charge in [0.25, 0.3) is 0 Å². The zero-order valence-corrected chi connectivity index (χ0v) is 8.10. The molecule has 0 aliphatic carbocycles. The third kappa shape index (κ3) is 2.62. The highest BCUT2D eigenvalue weighted by molar-refractivity contribution is 5.79. The van der Waals surface area contributed by atoms with Crippen LogP contribution in [0.15, 0.2) is 18.2 Å². The van der Waals surface area contributed by atoms with Gasteiger partial charge in [0.1, 0.15) is 11.6 Å². The van der Waals surface area contributed by atoms with Crippen LogP contribution in [-0.4, -0.2) is 24.0 Å². The van der Waals surface area contributed by atoms with Gasteiger partial charge in [0.2, 0.25) is 5.91 Å². The summed E-state index contributed by atoms with van der Waals surface area (Å²) in [5.74, 6) is 0.729. The molecule has 0 radical (unpaired) electrons. The van der Waals surface area contributed by atoms with Crippen LogP contribution in [0, 0.1) is 0 Å². The topological polar surface area (TPSA) is 85.2 Å². The van der Waals surface area contributed by atoms with Crippen LogP contribution in [0.3, 0.4) is 0 Å². The SMILES string of the molecule is CCN(CC(N)=O)c1cccc(N)n1. The predicted octanol–water partition coefficient (Wildman–Crippen LogP) is -0.0246. The number of pyridine rings is 1. The molecule has 0 aliphatic heterocycles. The second-order valence-electron chi connectivity index (χ2n) is 2.90. The normalized spacial score (nSPS) is 9.79. The number of carbonyl (C=O) groups excluding carboxylic acids is 1. The van der Waals surface area contributed by atoms with Crippen LogP contribution in [0.5, 0.6) is 0 Å². The first-order valence-corrected chi connectivity index (χ1v) is 4.39. The number of amides is 1. The molecule has 0 saturated carbocycles. The third-order valence-corrected chi connectivity index (χ3v) is 1.81. The molecule has 5 heteroatoms. The van der Waals surface area contributed by atoms with Crippen molar-refractivity contribution in [2.45, 2.75) is 6.92 Å². The lowest BCUT2D eigenvalue weighted by Gasteiger charge is -2.19. The summed E-state index contributed by atoms with van der Waals surface area (Å²) in [6, 6.07) is 5.28. The maximum absolute atomic E-state index is 10.7. The van der Waals surface area contributed by atoms with E-state index in [2.05, 4.69) is 4.98 Å². The van der Waals surface area contributed by atoms with Crippen molar-refractivity contribution in [1.29, 1.82) is 0 Å². The Balaban J connectivity index is 2.83. The molecule has 0 aliphatic rings. The van der Waals surface area contributed by atoms with Crippen molar-refractivity contribution in [3.8, 4) is 0 Å². The van der Waals surface area contributed by atoms with Crippen LogP contribution in [0.1, 0.15) is 6.92 Å². The summed E-state index contributed by atoms with van der Waals surface area (Å²) in [5, 5.41) is 0. The summed E-state index contributed by atoms with van der Waals surface area (Å²) in [4.78, 5) is 16.6. The molecule has 0 aromatic carbocycles. The summed E-state index contributed by atoms with van der Waals surface area (Å²) in [7, 11) is 0. The van der Waals surface area contributed by atoms with E-state index >= 15 is 0 Å². The van der Waals surface area contributed by atoms with Gasteiger partial charge in [-0.3, -0.25) is 4.79 Å². The maximum atomic E-state index is 10.7. The molecule has 1 amide bonds. The molecule has 0 fully saturated rings. The summed E-state index contributed by atoms with van der Waals surface area (Å²) in [5.41, 5.74) is 10.6. The molecule has 0 bridgehead atoms. The number of likely N-dealkylation sites (N-methyl/N-ethyl adjacent to an activating group) is 1. The smallest absolute Gasteiger partial charge is 0.236 e. The molecule has 14 heavy (non-hydrogen) atoms. The highest BCUT2D eigenvalue weighted by atomic mass is 16.1. The molecule has 1 heterocycles. The van der Waals surface area contributed by atoms with Crippen LogP contribution >= 0.6 is 0 Å². The first kappa shape index (κ1) is 10.3. The van der Waals surface area contributed by atoms with Gasteiger partial charge in [0.05, 0.1) is 6.54 Å². The zero-order chi connectivity index (χ0) is 10.6. The number of primary amides is 1. The van der Waals surface area contributed by atoms with E-state index in [1.807, 2.05) is 6.92 Å². The second-order valence-corrected chi connectivity index (χ2v) is 2.90. The lowest BCUT2D eigenvalue weighted by molar-refractivity contribution is -0.116. The van der Waals surface area contributed by atoms with Gasteiger partial charge in [-0.2, -0.15) is 0 Å². The molecule has 0 atom stereocenters. The second kappa shape index (κ2) is 4.45. The molecule has 0 spiro atoms. The highest BCUT2D eigenvalue weighted by Crippen LogP contribution is 2.11. The summed E-state index contributed by atoms with van der Waals surface area (Å²) in [6.45, 7) is 2.75. The average molecular weight is 194 g/mol. The number of rotatable bonds is 4. The molecule has 1 rings (SSSR count). The van der Waals surface area contributed by atoms with E-state index in [4.69, 9.17) is 11.5 Å². The van der Waals surface area contributed by atoms with E-state index in [0.29, 0.717) is 18.2 Å². The third-order valence-electron chi connectivity index (χ3n) is 1.81. The molecule has 1 aromatic rings. The van der Waals surface area contributed by atoms with Gasteiger partial charge in [-0.15, -0.1) is 0 Å². The largest absolute Gasteiger partial charge is 0.384 e. The van der Waals surface area contributed by atoms with Gasteiger partial charge in [0, 0.05) is 6.54 Å². The van der Waals surface area contributed by atoms with E-state index in [1.165, 1.54) is 0 Å². The van der Waals surface area contributed by atoms with Crippen LogP contribution in [0.2, 0.25) is 0 Å². The van der Waals surface area contributed by atoms with E-state index in [-0.39, 0.29) is 12.5 Å². The molecular weight excluding hydrogens is 180 g/mol. The minimum absolute atomic E-state index is 0.160. The molecule has 0 saturated heterocycles. The number of hydrogen-bond acceptors (Lipinski definition) is 4. The first-order valence-electron chi connectivity index (χ1n) is 4.39. The maximum Gasteiger partial charge on any atom is 0.236 e. The highest BCUT2D eigenvalue weighted by Gasteiger charge is 2.08. The zero-order valence-electron chi connectivity index (χ0n) is 8.10. The standard InChI is InChI=1S/C9H14N4O/c1-2-13(6-8(11)14)9-5-3-4-7(10)12-9/h3-5H,2,6H2,1H3,(H2,10,12)(H2,11,14). The first-order chi connectivity index (χ1) is 6.63. The van der Waals surface area contributed by atoms with Gasteiger partial charge in [0.15, 0.2) is 0 Å². The summed E-state index contributed by atoms with van der Waals surface area (Å²) >= 11 is 0. The van der Waals surface area contributed by atoms with Gasteiger partial charge < -0.3 is 16.4 Å². The van der Waals surface area contributed by atoms with Crippen molar-refractivity contribution < 1.29 is 4.79 Å². The number of carbonyl (C=O) groups is 1. The van der Waals surface area contributed by atoms with E-state index in [1.54, 1.807) is 23.1 Å². The van der Waals surface area contributed by atoms with Gasteiger partial charge >= 0.3 is 0 Å². The number of nitrogens with two attached hydrogens (primary N) is 2. The Labute approximate surface area is 82.7 Å². The molecular formula is C9H14N4O. The van der Waals surface area contributed by atoms with E-state index < -0.39 is 0 Å². The van der Waals surface area contributed by atoms with Crippen molar-refractivity contribution >= 4 is 17.5 Å². The van der Waals surface area contributed by atoms with Crippen molar-refractivity contribution in [2.75, 3.05) is 23.7 Å².